The molecule has 0 radical (unpaired) electrons. The molecule has 0 aromatic rings. The molecule has 2 heteroatoms. The van der Waals surface area contributed by atoms with Gasteiger partial charge in [-0.15, -0.1) is 0 Å². The van der Waals surface area contributed by atoms with Crippen molar-refractivity contribution < 1.29 is 10.6 Å². The van der Waals surface area contributed by atoms with Gasteiger partial charge in [0, 0.05) is 7.11 Å². The Kier molecular flexibility index (Phi) is 21.6. The maximum absolute atomic E-state index is 7.00. The van der Waals surface area contributed by atoms with E-state index >= 15 is 0 Å². The quantitative estimate of drug-likeness (QED) is 0.674. The fourth-order valence-corrected chi connectivity index (χ4v) is 0.576. The molecule has 0 amide bonds. The zero-order valence-electron chi connectivity index (χ0n) is 11.0. The minimum atomic E-state index is 0. The first-order chi connectivity index (χ1) is 6.72. The highest BCUT2D eigenvalue weighted by atomic mass is 16.2. The van der Waals surface area contributed by atoms with Crippen molar-refractivity contribution in [2.45, 2.75) is 59.3 Å². The van der Waals surface area contributed by atoms with Gasteiger partial charge in [-0.05, 0) is 25.7 Å². The lowest BCUT2D eigenvalue weighted by Crippen LogP contribution is -1.68. The summed E-state index contributed by atoms with van der Waals surface area (Å²) >= 11 is 0. The zero-order valence-corrected chi connectivity index (χ0v) is 11.0. The number of allylic oxidation sites excluding steroid dienone is 1. The van der Waals surface area contributed by atoms with E-state index in [-0.39, 0.29) is 5.48 Å². The Bertz CT molecular complexity index is 113. The third-order valence-corrected chi connectivity index (χ3v) is 1.63. The van der Waals surface area contributed by atoms with Crippen LogP contribution in [-0.2, 0) is 0 Å². The third kappa shape index (κ3) is 31.7. The van der Waals surface area contributed by atoms with Crippen LogP contribution in [0.4, 0.5) is 0 Å². The van der Waals surface area contributed by atoms with Gasteiger partial charge < -0.3 is 10.6 Å². The van der Waals surface area contributed by atoms with Crippen molar-refractivity contribution in [1.29, 1.82) is 0 Å². The number of rotatable bonds is 1. The minimum Gasteiger partial charge on any atom is -0.412 e. The van der Waals surface area contributed by atoms with Crippen LogP contribution < -0.4 is 0 Å². The Labute approximate surface area is 95.7 Å². The predicted molar refractivity (Wildman–Crippen MR) is 69.1 cm³/mol. The first-order valence-corrected chi connectivity index (χ1v) is 5.82. The van der Waals surface area contributed by atoms with Crippen LogP contribution in [0.2, 0.25) is 0 Å². The number of hydrogen-bond acceptors (Lipinski definition) is 1. The second-order valence-electron chi connectivity index (χ2n) is 3.89. The molecule has 0 saturated heterocycles. The minimum absolute atomic E-state index is 0. The van der Waals surface area contributed by atoms with E-state index in [1.807, 2.05) is 0 Å². The highest BCUT2D eigenvalue weighted by Gasteiger charge is 2.20. The van der Waals surface area contributed by atoms with Crippen molar-refractivity contribution in [2.24, 2.45) is 5.92 Å². The fraction of sp³-hybridized carbons (Fsp3) is 0.846. The van der Waals surface area contributed by atoms with Gasteiger partial charge in [-0.2, -0.15) is 0 Å². The van der Waals surface area contributed by atoms with Crippen molar-refractivity contribution in [2.75, 3.05) is 7.11 Å². The molecule has 3 N–H and O–H groups in total. The maximum atomic E-state index is 7.00. The van der Waals surface area contributed by atoms with E-state index in [1.165, 1.54) is 44.1 Å². The SMILES string of the molecule is C1CC1.C=C(C)C1CC1.CCC.CO.O. The molecule has 0 aromatic heterocycles. The molecule has 2 aliphatic rings. The average molecular weight is 218 g/mol. The molecular weight excluding hydrogens is 188 g/mol. The standard InChI is InChI=1S/C6H10.C3H6.C3H8.CH4O.H2O/c1-5(2)6-3-4-6;1-2-3-1;1-3-2;1-2;/h6H,1,3-4H2,2H3;1-3H2;3H2,1-2H3;2H,1H3;1H2. The second kappa shape index (κ2) is 16.1. The van der Waals surface area contributed by atoms with E-state index < -0.39 is 0 Å². The van der Waals surface area contributed by atoms with Crippen molar-refractivity contribution in [1.82, 2.24) is 0 Å². The molecule has 0 bridgehead atoms. The van der Waals surface area contributed by atoms with E-state index in [0.29, 0.717) is 0 Å². The molecule has 0 aromatic carbocycles. The first kappa shape index (κ1) is 20.1. The Morgan fingerprint density at radius 2 is 1.40 bits per heavy atom. The average Bonchev–Trinajstić information content (AvgIpc) is 3.01. The summed E-state index contributed by atoms with van der Waals surface area (Å²) in [6.45, 7) is 10.2. The molecular formula is C13H30O2. The van der Waals surface area contributed by atoms with Gasteiger partial charge in [-0.3, -0.25) is 0 Å². The van der Waals surface area contributed by atoms with Crippen LogP contribution in [0.3, 0.4) is 0 Å². The normalized spacial score (nSPS) is 14.7. The van der Waals surface area contributed by atoms with Gasteiger partial charge >= 0.3 is 0 Å². The smallest absolute Gasteiger partial charge is 0.0319 e. The molecule has 2 saturated carbocycles. The molecule has 2 nitrogen and oxygen atoms in total. The van der Waals surface area contributed by atoms with Crippen LogP contribution >= 0.6 is 0 Å². The lowest BCUT2D eigenvalue weighted by Gasteiger charge is -1.83. The maximum Gasteiger partial charge on any atom is 0.0319 e. The summed E-state index contributed by atoms with van der Waals surface area (Å²) in [7, 11) is 1.00. The van der Waals surface area contributed by atoms with Gasteiger partial charge in [-0.25, -0.2) is 0 Å². The van der Waals surface area contributed by atoms with Gasteiger partial charge in [0.25, 0.3) is 0 Å². The molecule has 15 heavy (non-hydrogen) atoms. The molecule has 0 unspecified atom stereocenters. The van der Waals surface area contributed by atoms with Crippen molar-refractivity contribution in [3.05, 3.63) is 12.2 Å². The lowest BCUT2D eigenvalue weighted by molar-refractivity contribution is 0.399. The van der Waals surface area contributed by atoms with Crippen LogP contribution in [0.15, 0.2) is 12.2 Å². The Hall–Kier alpha value is -0.340. The molecule has 2 aliphatic carbocycles. The second-order valence-corrected chi connectivity index (χ2v) is 3.89. The Balaban J connectivity index is -0.000000139. The van der Waals surface area contributed by atoms with Crippen LogP contribution in [-0.4, -0.2) is 17.7 Å². The summed E-state index contributed by atoms with van der Waals surface area (Å²) < 4.78 is 0. The van der Waals surface area contributed by atoms with Crippen molar-refractivity contribution >= 4 is 0 Å². The highest BCUT2D eigenvalue weighted by Crippen LogP contribution is 2.34. The van der Waals surface area contributed by atoms with E-state index in [4.69, 9.17) is 5.11 Å². The largest absolute Gasteiger partial charge is 0.412 e. The summed E-state index contributed by atoms with van der Waals surface area (Å²) in [4.78, 5) is 0. The first-order valence-electron chi connectivity index (χ1n) is 5.82. The Morgan fingerprint density at radius 1 is 1.13 bits per heavy atom. The van der Waals surface area contributed by atoms with E-state index in [9.17, 15) is 0 Å². The summed E-state index contributed by atoms with van der Waals surface area (Å²) in [6, 6.07) is 0. The molecule has 94 valence electrons. The summed E-state index contributed by atoms with van der Waals surface area (Å²) in [5, 5.41) is 7.00. The van der Waals surface area contributed by atoms with Crippen LogP contribution in [0, 0.1) is 5.92 Å². The summed E-state index contributed by atoms with van der Waals surface area (Å²) in [6.07, 6.45) is 8.55. The van der Waals surface area contributed by atoms with Crippen molar-refractivity contribution in [3.8, 4) is 0 Å². The number of aliphatic hydroxyl groups is 1. The lowest BCUT2D eigenvalue weighted by atomic mass is 10.2. The fourth-order valence-electron chi connectivity index (χ4n) is 0.576. The van der Waals surface area contributed by atoms with E-state index in [0.717, 1.165) is 13.0 Å². The number of aliphatic hydroxyl groups excluding tert-OH is 1. The highest BCUT2D eigenvalue weighted by molar-refractivity contribution is 5.03. The van der Waals surface area contributed by atoms with Gasteiger partial charge in [0.15, 0.2) is 0 Å². The van der Waals surface area contributed by atoms with Gasteiger partial charge in [0.1, 0.15) is 0 Å². The topological polar surface area (TPSA) is 51.7 Å². The van der Waals surface area contributed by atoms with Crippen molar-refractivity contribution in [3.63, 3.8) is 0 Å². The van der Waals surface area contributed by atoms with E-state index in [2.05, 4.69) is 27.4 Å². The molecule has 0 atom stereocenters. The van der Waals surface area contributed by atoms with Gasteiger partial charge in [0.05, 0.1) is 0 Å². The van der Waals surface area contributed by atoms with Crippen LogP contribution in [0.25, 0.3) is 0 Å². The summed E-state index contributed by atoms with van der Waals surface area (Å²) in [5.41, 5.74) is 1.37. The van der Waals surface area contributed by atoms with Crippen LogP contribution in [0.1, 0.15) is 59.3 Å². The number of hydrogen-bond donors (Lipinski definition) is 1. The van der Waals surface area contributed by atoms with Gasteiger partial charge in [-0.1, -0.05) is 51.7 Å². The Morgan fingerprint density at radius 3 is 1.40 bits per heavy atom. The molecule has 2 rings (SSSR count). The monoisotopic (exact) mass is 218 g/mol. The van der Waals surface area contributed by atoms with Crippen LogP contribution in [0.5, 0.6) is 0 Å². The molecule has 0 spiro atoms. The third-order valence-electron chi connectivity index (χ3n) is 1.63. The molecule has 0 aliphatic heterocycles. The molecule has 0 heterocycles. The van der Waals surface area contributed by atoms with E-state index in [1.54, 1.807) is 0 Å². The zero-order chi connectivity index (χ0) is 11.4. The van der Waals surface area contributed by atoms with Gasteiger partial charge in [0.2, 0.25) is 0 Å². The summed E-state index contributed by atoms with van der Waals surface area (Å²) in [5.74, 6) is 0.907. The predicted octanol–water partition coefficient (Wildman–Crippen LogP) is 3.34. The molecule has 2 fully saturated rings.